The minimum atomic E-state index is -0.235. The minimum absolute atomic E-state index is 0.0983. The molecule has 0 unspecified atom stereocenters. The van der Waals surface area contributed by atoms with Crippen LogP contribution < -0.4 is 10.1 Å². The molecule has 0 spiro atoms. The van der Waals surface area contributed by atoms with Crippen LogP contribution in [0.25, 0.3) is 0 Å². The summed E-state index contributed by atoms with van der Waals surface area (Å²) in [5, 5.41) is 11.8. The van der Waals surface area contributed by atoms with Gasteiger partial charge in [-0.15, -0.1) is 10.2 Å². The van der Waals surface area contributed by atoms with Crippen LogP contribution in [-0.2, 0) is 24.3 Å². The number of carbonyl (C=O) groups excluding carboxylic acids is 1. The number of nitrogens with zero attached hydrogens (tertiary/aromatic N) is 3. The van der Waals surface area contributed by atoms with Crippen molar-refractivity contribution in [3.05, 3.63) is 39.9 Å². The number of halogens is 2. The van der Waals surface area contributed by atoms with Crippen molar-refractivity contribution in [1.82, 2.24) is 20.1 Å². The van der Waals surface area contributed by atoms with E-state index in [1.165, 1.54) is 0 Å². The van der Waals surface area contributed by atoms with Crippen LogP contribution in [-0.4, -0.2) is 27.3 Å². The van der Waals surface area contributed by atoms with Gasteiger partial charge < -0.3 is 14.6 Å². The maximum Gasteiger partial charge on any atom is 0.258 e. The van der Waals surface area contributed by atoms with Gasteiger partial charge in [0.2, 0.25) is 0 Å². The number of hydrogen-bond donors (Lipinski definition) is 1. The third kappa shape index (κ3) is 3.34. The Bertz CT molecular complexity index is 702. The summed E-state index contributed by atoms with van der Waals surface area (Å²) in [4.78, 5) is 11.8. The maximum atomic E-state index is 11.8. The van der Waals surface area contributed by atoms with Gasteiger partial charge in [0.05, 0.1) is 16.6 Å². The van der Waals surface area contributed by atoms with Crippen LogP contribution in [0, 0.1) is 0 Å². The van der Waals surface area contributed by atoms with Crippen molar-refractivity contribution in [2.24, 2.45) is 0 Å². The van der Waals surface area contributed by atoms with E-state index in [-0.39, 0.29) is 12.5 Å². The van der Waals surface area contributed by atoms with Crippen molar-refractivity contribution in [2.45, 2.75) is 25.9 Å². The van der Waals surface area contributed by atoms with Crippen molar-refractivity contribution < 1.29 is 9.53 Å². The first-order chi connectivity index (χ1) is 10.6. The molecule has 0 bridgehead atoms. The normalized spacial score (nSPS) is 13.0. The summed E-state index contributed by atoms with van der Waals surface area (Å²) < 4.78 is 7.41. The van der Waals surface area contributed by atoms with Gasteiger partial charge in [-0.25, -0.2) is 0 Å². The molecule has 1 aliphatic heterocycles. The van der Waals surface area contributed by atoms with Crippen LogP contribution >= 0.6 is 23.2 Å². The van der Waals surface area contributed by atoms with E-state index in [1.54, 1.807) is 18.2 Å². The Balaban J connectivity index is 1.49. The van der Waals surface area contributed by atoms with E-state index in [9.17, 15) is 4.79 Å². The van der Waals surface area contributed by atoms with Gasteiger partial charge in [-0.05, 0) is 18.6 Å². The summed E-state index contributed by atoms with van der Waals surface area (Å²) in [6.45, 7) is 1.16. The highest BCUT2D eigenvalue weighted by Crippen LogP contribution is 2.26. The highest BCUT2D eigenvalue weighted by molar-refractivity contribution is 6.42. The largest absolute Gasteiger partial charge is 0.484 e. The summed E-state index contributed by atoms with van der Waals surface area (Å²) in [5.41, 5.74) is 0. The molecule has 1 aromatic heterocycles. The SMILES string of the molecule is O=C(COc1ccc(Cl)c(Cl)c1)NCc1nnc2n1CCC2. The number of aromatic nitrogens is 3. The molecular formula is C14H14Cl2N4O2. The Kier molecular flexibility index (Phi) is 4.49. The van der Waals surface area contributed by atoms with E-state index in [1.807, 2.05) is 4.57 Å². The Morgan fingerprint density at radius 1 is 1.32 bits per heavy atom. The molecule has 0 fully saturated rings. The second-order valence-electron chi connectivity index (χ2n) is 4.93. The molecule has 0 saturated carbocycles. The third-order valence-electron chi connectivity index (χ3n) is 3.39. The number of benzene rings is 1. The molecule has 0 saturated heterocycles. The van der Waals surface area contributed by atoms with Gasteiger partial charge in [0.1, 0.15) is 11.6 Å². The number of ether oxygens (including phenoxy) is 1. The Hall–Kier alpha value is -1.79. The van der Waals surface area contributed by atoms with Gasteiger partial charge >= 0.3 is 0 Å². The van der Waals surface area contributed by atoms with Crippen LogP contribution in [0.4, 0.5) is 0 Å². The van der Waals surface area contributed by atoms with Gasteiger partial charge in [-0.1, -0.05) is 23.2 Å². The lowest BCUT2D eigenvalue weighted by atomic mass is 10.3. The predicted molar refractivity (Wildman–Crippen MR) is 82.1 cm³/mol. The molecule has 1 N–H and O–H groups in total. The Morgan fingerprint density at radius 2 is 2.18 bits per heavy atom. The van der Waals surface area contributed by atoms with Crippen molar-refractivity contribution in [1.29, 1.82) is 0 Å². The standard InChI is InChI=1S/C14H14Cl2N4O2/c15-10-4-3-9(6-11(10)16)22-8-14(21)17-7-13-19-18-12-2-1-5-20(12)13/h3-4,6H,1-2,5,7-8H2,(H,17,21). The first-order valence-corrected chi connectivity index (χ1v) is 7.64. The van der Waals surface area contributed by atoms with Crippen LogP contribution in [0.15, 0.2) is 18.2 Å². The van der Waals surface area contributed by atoms with E-state index in [0.717, 1.165) is 31.0 Å². The quantitative estimate of drug-likeness (QED) is 0.906. The van der Waals surface area contributed by atoms with Crippen molar-refractivity contribution >= 4 is 29.1 Å². The van der Waals surface area contributed by atoms with E-state index in [0.29, 0.717) is 22.3 Å². The average molecular weight is 341 g/mol. The van der Waals surface area contributed by atoms with Crippen LogP contribution in [0.5, 0.6) is 5.75 Å². The zero-order valence-electron chi connectivity index (χ0n) is 11.7. The fraction of sp³-hybridized carbons (Fsp3) is 0.357. The van der Waals surface area contributed by atoms with Gasteiger partial charge in [-0.2, -0.15) is 0 Å². The number of carbonyl (C=O) groups is 1. The fourth-order valence-electron chi connectivity index (χ4n) is 2.29. The number of aryl methyl sites for hydroxylation is 1. The van der Waals surface area contributed by atoms with Gasteiger partial charge in [0, 0.05) is 19.0 Å². The van der Waals surface area contributed by atoms with E-state index in [4.69, 9.17) is 27.9 Å². The monoisotopic (exact) mass is 340 g/mol. The molecule has 6 nitrogen and oxygen atoms in total. The van der Waals surface area contributed by atoms with Gasteiger partial charge in [-0.3, -0.25) is 4.79 Å². The summed E-state index contributed by atoms with van der Waals surface area (Å²) in [6.07, 6.45) is 2.02. The lowest BCUT2D eigenvalue weighted by Crippen LogP contribution is -2.29. The number of rotatable bonds is 5. The number of fused-ring (bicyclic) bond motifs is 1. The fourth-order valence-corrected chi connectivity index (χ4v) is 2.57. The molecule has 22 heavy (non-hydrogen) atoms. The zero-order chi connectivity index (χ0) is 15.5. The van der Waals surface area contributed by atoms with Crippen molar-refractivity contribution in [2.75, 3.05) is 6.61 Å². The first-order valence-electron chi connectivity index (χ1n) is 6.89. The van der Waals surface area contributed by atoms with E-state index < -0.39 is 0 Å². The molecule has 0 aliphatic carbocycles. The van der Waals surface area contributed by atoms with E-state index in [2.05, 4.69) is 15.5 Å². The Morgan fingerprint density at radius 3 is 3.00 bits per heavy atom. The summed E-state index contributed by atoms with van der Waals surface area (Å²) in [6, 6.07) is 4.85. The smallest absolute Gasteiger partial charge is 0.258 e. The van der Waals surface area contributed by atoms with Gasteiger partial charge in [0.15, 0.2) is 12.4 Å². The summed E-state index contributed by atoms with van der Waals surface area (Å²) in [5.74, 6) is 2.01. The van der Waals surface area contributed by atoms with Crippen LogP contribution in [0.1, 0.15) is 18.1 Å². The highest BCUT2D eigenvalue weighted by atomic mass is 35.5. The molecule has 3 rings (SSSR count). The zero-order valence-corrected chi connectivity index (χ0v) is 13.2. The number of nitrogens with one attached hydrogen (secondary N) is 1. The first kappa shape index (κ1) is 15.1. The average Bonchev–Trinajstić information content (AvgIpc) is 3.10. The van der Waals surface area contributed by atoms with Crippen molar-refractivity contribution in [3.63, 3.8) is 0 Å². The molecule has 116 valence electrons. The lowest BCUT2D eigenvalue weighted by molar-refractivity contribution is -0.123. The van der Waals surface area contributed by atoms with Gasteiger partial charge in [0.25, 0.3) is 5.91 Å². The maximum absolute atomic E-state index is 11.8. The molecule has 1 amide bonds. The molecule has 1 aromatic carbocycles. The molecule has 0 atom stereocenters. The minimum Gasteiger partial charge on any atom is -0.484 e. The lowest BCUT2D eigenvalue weighted by Gasteiger charge is -2.08. The molecule has 2 aromatic rings. The molecule has 8 heteroatoms. The second kappa shape index (κ2) is 6.54. The van der Waals surface area contributed by atoms with Crippen LogP contribution in [0.2, 0.25) is 10.0 Å². The second-order valence-corrected chi connectivity index (χ2v) is 5.74. The summed E-state index contributed by atoms with van der Waals surface area (Å²) >= 11 is 11.7. The molecule has 2 heterocycles. The molecular weight excluding hydrogens is 327 g/mol. The van der Waals surface area contributed by atoms with Crippen molar-refractivity contribution in [3.8, 4) is 5.75 Å². The Labute approximate surface area is 137 Å². The number of hydrogen-bond acceptors (Lipinski definition) is 4. The summed E-state index contributed by atoms with van der Waals surface area (Å²) in [7, 11) is 0. The molecule has 1 aliphatic rings. The van der Waals surface area contributed by atoms with Crippen LogP contribution in [0.3, 0.4) is 0 Å². The third-order valence-corrected chi connectivity index (χ3v) is 4.13. The molecule has 0 radical (unpaired) electrons. The predicted octanol–water partition coefficient (Wildman–Crippen LogP) is 2.23. The topological polar surface area (TPSA) is 69.0 Å². The number of amides is 1. The highest BCUT2D eigenvalue weighted by Gasteiger charge is 2.17. The van der Waals surface area contributed by atoms with E-state index >= 15 is 0 Å².